The number of hydrogen-bond acceptors (Lipinski definition) is 6. The van der Waals surface area contributed by atoms with E-state index in [1.807, 2.05) is 66.7 Å². The second kappa shape index (κ2) is 11.1. The van der Waals surface area contributed by atoms with Crippen molar-refractivity contribution in [1.82, 2.24) is 9.40 Å². The lowest BCUT2D eigenvalue weighted by atomic mass is 9.91. The number of nitrogens with zero attached hydrogens (tertiary/aromatic N) is 2. The van der Waals surface area contributed by atoms with Gasteiger partial charge in [-0.3, -0.25) is 4.79 Å². The second-order valence-electron chi connectivity index (χ2n) is 9.72. The first-order valence-corrected chi connectivity index (χ1v) is 15.4. The molecule has 0 aliphatic carbocycles. The smallest absolute Gasteiger partial charge is 0.279 e. The number of H-pyrrole nitrogens is 1. The van der Waals surface area contributed by atoms with Gasteiger partial charge in [-0.05, 0) is 54.1 Å². The summed E-state index contributed by atoms with van der Waals surface area (Å²) in [5.74, 6) is 1.05. The summed E-state index contributed by atoms with van der Waals surface area (Å²) in [6.45, 7) is 0. The lowest BCUT2D eigenvalue weighted by molar-refractivity contribution is 0.350. The fraction of sp³-hybridized carbons (Fsp3) is 0.125. The van der Waals surface area contributed by atoms with E-state index in [1.165, 1.54) is 26.4 Å². The Kier molecular flexibility index (Phi) is 7.34. The van der Waals surface area contributed by atoms with E-state index in [0.717, 1.165) is 19.8 Å². The Morgan fingerprint density at radius 2 is 1.60 bits per heavy atom. The lowest BCUT2D eigenvalue weighted by Gasteiger charge is -2.24. The SMILES string of the molecule is COc1ccc(S(=O)(=O)N2N=C(c3c(-c4ccccc4)c4cc(Br)ccc4[nH]c3=O)CC2c2ccccc2OC)cc1. The first-order valence-electron chi connectivity index (χ1n) is 13.1. The topological polar surface area (TPSA) is 101 Å². The molecule has 1 aliphatic rings. The molecular formula is C32H26BrN3O5S. The number of methoxy groups -OCH3 is 2. The van der Waals surface area contributed by atoms with Crippen molar-refractivity contribution >= 4 is 42.6 Å². The highest BCUT2D eigenvalue weighted by atomic mass is 79.9. The molecule has 6 rings (SSSR count). The minimum Gasteiger partial charge on any atom is -0.497 e. The van der Waals surface area contributed by atoms with Crippen molar-refractivity contribution < 1.29 is 17.9 Å². The lowest BCUT2D eigenvalue weighted by Crippen LogP contribution is -2.27. The molecule has 5 aromatic rings. The molecular weight excluding hydrogens is 618 g/mol. The molecule has 0 radical (unpaired) electrons. The van der Waals surface area contributed by atoms with Gasteiger partial charge in [-0.1, -0.05) is 64.5 Å². The monoisotopic (exact) mass is 643 g/mol. The standard InChI is InChI=1S/C32H26BrN3O5S/c1-40-22-13-15-23(16-14-22)42(38,39)36-28(24-10-6-7-11-29(24)41-2)19-27(35-36)31-30(20-8-4-3-5-9-20)25-18-21(33)12-17-26(25)34-32(31)37/h3-18,28H,19H2,1-2H3,(H,34,37). The van der Waals surface area contributed by atoms with E-state index in [9.17, 15) is 13.2 Å². The van der Waals surface area contributed by atoms with Crippen LogP contribution in [0.1, 0.15) is 23.6 Å². The summed E-state index contributed by atoms with van der Waals surface area (Å²) >= 11 is 3.56. The zero-order valence-electron chi connectivity index (χ0n) is 22.7. The summed E-state index contributed by atoms with van der Waals surface area (Å²) in [6, 6.07) is 27.8. The number of hydrazone groups is 1. The number of aromatic amines is 1. The van der Waals surface area contributed by atoms with Gasteiger partial charge in [0.15, 0.2) is 0 Å². The molecule has 0 spiro atoms. The van der Waals surface area contributed by atoms with E-state index in [2.05, 4.69) is 20.9 Å². The van der Waals surface area contributed by atoms with Crippen LogP contribution in [0.4, 0.5) is 0 Å². The second-order valence-corrected chi connectivity index (χ2v) is 12.4. The molecule has 0 fully saturated rings. The minimum atomic E-state index is -4.15. The zero-order chi connectivity index (χ0) is 29.4. The predicted molar refractivity (Wildman–Crippen MR) is 167 cm³/mol. The third-order valence-corrected chi connectivity index (χ3v) is 9.49. The summed E-state index contributed by atoms with van der Waals surface area (Å²) in [6.07, 6.45) is 0.151. The van der Waals surface area contributed by atoms with E-state index in [0.29, 0.717) is 39.4 Å². The number of sulfonamides is 1. The van der Waals surface area contributed by atoms with Gasteiger partial charge in [0.25, 0.3) is 15.6 Å². The Morgan fingerprint density at radius 1 is 0.881 bits per heavy atom. The van der Waals surface area contributed by atoms with Crippen LogP contribution in [-0.4, -0.2) is 37.7 Å². The van der Waals surface area contributed by atoms with Crippen LogP contribution in [0.5, 0.6) is 11.5 Å². The summed E-state index contributed by atoms with van der Waals surface area (Å²) in [5.41, 5.74) is 3.10. The molecule has 1 aromatic heterocycles. The van der Waals surface area contributed by atoms with Gasteiger partial charge < -0.3 is 14.5 Å². The Morgan fingerprint density at radius 3 is 2.31 bits per heavy atom. The van der Waals surface area contributed by atoms with Gasteiger partial charge in [0.1, 0.15) is 11.5 Å². The Labute approximate surface area is 251 Å². The van der Waals surface area contributed by atoms with Crippen LogP contribution in [0.3, 0.4) is 0 Å². The molecule has 212 valence electrons. The van der Waals surface area contributed by atoms with E-state index in [-0.39, 0.29) is 16.9 Å². The van der Waals surface area contributed by atoms with Gasteiger partial charge in [0.2, 0.25) is 0 Å². The summed E-state index contributed by atoms with van der Waals surface area (Å²) in [4.78, 5) is 16.8. The van der Waals surface area contributed by atoms with Crippen molar-refractivity contribution in [3.63, 3.8) is 0 Å². The highest BCUT2D eigenvalue weighted by molar-refractivity contribution is 9.10. The maximum Gasteiger partial charge on any atom is 0.279 e. The normalized spacial score (nSPS) is 15.1. The van der Waals surface area contributed by atoms with Crippen LogP contribution in [0.15, 0.2) is 116 Å². The average molecular weight is 645 g/mol. The summed E-state index contributed by atoms with van der Waals surface area (Å²) in [5, 5.41) is 5.51. The largest absolute Gasteiger partial charge is 0.497 e. The van der Waals surface area contributed by atoms with Crippen molar-refractivity contribution in [2.24, 2.45) is 5.10 Å². The molecule has 0 amide bonds. The maximum absolute atomic E-state index is 14.1. The van der Waals surface area contributed by atoms with Crippen molar-refractivity contribution in [3.8, 4) is 22.6 Å². The average Bonchev–Trinajstić information content (AvgIpc) is 3.47. The molecule has 2 heterocycles. The van der Waals surface area contributed by atoms with Gasteiger partial charge in [-0.25, -0.2) is 0 Å². The Hall–Kier alpha value is -4.41. The molecule has 1 N–H and O–H groups in total. The molecule has 4 aromatic carbocycles. The highest BCUT2D eigenvalue weighted by Gasteiger charge is 2.40. The summed E-state index contributed by atoms with van der Waals surface area (Å²) in [7, 11) is -1.10. The van der Waals surface area contributed by atoms with Gasteiger partial charge in [-0.15, -0.1) is 0 Å². The van der Waals surface area contributed by atoms with Crippen LogP contribution >= 0.6 is 15.9 Å². The van der Waals surface area contributed by atoms with Crippen molar-refractivity contribution in [2.75, 3.05) is 14.2 Å². The summed E-state index contributed by atoms with van der Waals surface area (Å²) < 4.78 is 41.1. The number of nitrogens with one attached hydrogen (secondary N) is 1. The fourth-order valence-electron chi connectivity index (χ4n) is 5.34. The third-order valence-electron chi connectivity index (χ3n) is 7.30. The molecule has 42 heavy (non-hydrogen) atoms. The van der Waals surface area contributed by atoms with Crippen LogP contribution in [-0.2, 0) is 10.0 Å². The number of ether oxygens (including phenoxy) is 2. The number of para-hydroxylation sites is 1. The maximum atomic E-state index is 14.1. The number of aromatic nitrogens is 1. The van der Waals surface area contributed by atoms with Crippen LogP contribution in [0.25, 0.3) is 22.0 Å². The molecule has 0 saturated carbocycles. The van der Waals surface area contributed by atoms with Crippen molar-refractivity contribution in [2.45, 2.75) is 17.4 Å². The molecule has 1 aliphatic heterocycles. The molecule has 8 nitrogen and oxygen atoms in total. The van der Waals surface area contributed by atoms with Gasteiger partial charge in [0, 0.05) is 32.9 Å². The molecule has 1 atom stereocenters. The fourth-order valence-corrected chi connectivity index (χ4v) is 7.12. The first-order chi connectivity index (χ1) is 20.3. The van der Waals surface area contributed by atoms with Gasteiger partial charge >= 0.3 is 0 Å². The Balaban J connectivity index is 1.60. The van der Waals surface area contributed by atoms with E-state index in [4.69, 9.17) is 14.6 Å². The van der Waals surface area contributed by atoms with Crippen LogP contribution in [0.2, 0.25) is 0 Å². The number of rotatable bonds is 7. The number of hydrogen-bond donors (Lipinski definition) is 1. The minimum absolute atomic E-state index is 0.0489. The van der Waals surface area contributed by atoms with Crippen molar-refractivity contribution in [1.29, 1.82) is 0 Å². The number of halogens is 1. The van der Waals surface area contributed by atoms with Crippen LogP contribution in [0, 0.1) is 0 Å². The predicted octanol–water partition coefficient (Wildman–Crippen LogP) is 6.51. The number of fused-ring (bicyclic) bond motifs is 1. The van der Waals surface area contributed by atoms with E-state index >= 15 is 0 Å². The van der Waals surface area contributed by atoms with Crippen LogP contribution < -0.4 is 15.0 Å². The highest BCUT2D eigenvalue weighted by Crippen LogP contribution is 2.42. The molecule has 0 saturated heterocycles. The number of pyridine rings is 1. The molecule has 1 unspecified atom stereocenters. The third kappa shape index (κ3) is 4.86. The number of benzene rings is 4. The van der Waals surface area contributed by atoms with E-state index < -0.39 is 16.1 Å². The molecule has 0 bridgehead atoms. The van der Waals surface area contributed by atoms with E-state index in [1.54, 1.807) is 18.2 Å². The van der Waals surface area contributed by atoms with Gasteiger partial charge in [0.05, 0.1) is 36.4 Å². The van der Waals surface area contributed by atoms with Crippen molar-refractivity contribution in [3.05, 3.63) is 123 Å². The quantitative estimate of drug-likeness (QED) is 0.218. The Bertz CT molecular complexity index is 1990. The molecule has 10 heteroatoms. The first kappa shape index (κ1) is 27.7. The van der Waals surface area contributed by atoms with Gasteiger partial charge in [-0.2, -0.15) is 17.9 Å². The zero-order valence-corrected chi connectivity index (χ0v) is 25.1.